The lowest BCUT2D eigenvalue weighted by molar-refractivity contribution is 0.591. The average Bonchev–Trinajstić information content (AvgIpc) is 3.33. The molecule has 0 aliphatic carbocycles. The van der Waals surface area contributed by atoms with Crippen LogP contribution in [0.2, 0.25) is 0 Å². The largest absolute Gasteiger partial charge is 0.309 e. The van der Waals surface area contributed by atoms with Gasteiger partial charge in [-0.25, -0.2) is 4.85 Å². The molecule has 10 aromatic carbocycles. The van der Waals surface area contributed by atoms with E-state index in [1.54, 1.807) is 0 Å². The van der Waals surface area contributed by atoms with E-state index < -0.39 is 0 Å². The van der Waals surface area contributed by atoms with Gasteiger partial charge in [0.2, 0.25) is 0 Å². The van der Waals surface area contributed by atoms with E-state index >= 15 is 0 Å². The van der Waals surface area contributed by atoms with Crippen LogP contribution in [0.3, 0.4) is 0 Å². The molecule has 0 saturated carbocycles. The van der Waals surface area contributed by atoms with Crippen LogP contribution >= 0.6 is 0 Å². The molecule has 0 heterocycles. The monoisotopic (exact) mass is 850 g/mol. The molecule has 0 radical (unpaired) electrons. The number of anilines is 6. The summed E-state index contributed by atoms with van der Waals surface area (Å²) < 4.78 is 0. The van der Waals surface area contributed by atoms with Crippen LogP contribution in [-0.4, -0.2) is 0 Å². The molecule has 66 heavy (non-hydrogen) atoms. The lowest BCUT2D eigenvalue weighted by atomic mass is 9.83. The van der Waals surface area contributed by atoms with Gasteiger partial charge in [0.05, 0.1) is 29.6 Å². The minimum atomic E-state index is -0.0274. The Bertz CT molecular complexity index is 3350. The Balaban J connectivity index is 1.34. The summed E-state index contributed by atoms with van der Waals surface area (Å²) in [4.78, 5) is 8.62. The second kappa shape index (κ2) is 16.4. The first-order valence-corrected chi connectivity index (χ1v) is 22.6. The minimum absolute atomic E-state index is 0.0274. The first-order chi connectivity index (χ1) is 31.9. The van der Waals surface area contributed by atoms with Crippen molar-refractivity contribution in [3.05, 3.63) is 221 Å². The first kappa shape index (κ1) is 41.8. The number of nitriles is 1. The number of nitrogens with zero attached hydrogens (tertiary/aromatic N) is 4. The molecule has 0 N–H and O–H groups in total. The Morgan fingerprint density at radius 1 is 0.439 bits per heavy atom. The predicted octanol–water partition coefficient (Wildman–Crippen LogP) is 17.8. The first-order valence-electron chi connectivity index (χ1n) is 22.6. The van der Waals surface area contributed by atoms with Gasteiger partial charge in [0, 0.05) is 38.9 Å². The normalized spacial score (nSPS) is 11.5. The molecular weight excluding hydrogens is 801 g/mol. The molecule has 0 amide bonds. The number of hydrogen-bond donors (Lipinski definition) is 0. The van der Waals surface area contributed by atoms with Gasteiger partial charge in [-0.2, -0.15) is 5.26 Å². The topological polar surface area (TPSA) is 34.6 Å². The van der Waals surface area contributed by atoms with Crippen molar-refractivity contribution in [3.8, 4) is 28.3 Å². The van der Waals surface area contributed by atoms with Gasteiger partial charge in [-0.3, -0.25) is 0 Å². The van der Waals surface area contributed by atoms with Crippen LogP contribution in [0, 0.1) is 45.6 Å². The molecule has 10 aromatic rings. The summed E-state index contributed by atoms with van der Waals surface area (Å²) in [5.41, 5.74) is 17.9. The predicted molar refractivity (Wildman–Crippen MR) is 279 cm³/mol. The van der Waals surface area contributed by atoms with Crippen molar-refractivity contribution in [2.24, 2.45) is 0 Å². The summed E-state index contributed by atoms with van der Waals surface area (Å²) in [6.07, 6.45) is 0. The lowest BCUT2D eigenvalue weighted by Gasteiger charge is -2.34. The van der Waals surface area contributed by atoms with Crippen molar-refractivity contribution in [3.63, 3.8) is 0 Å². The SMILES string of the molecule is [C-]#[N+]c1ccc(-c2ccc(C)c(N(c3ccccc3C)c3cc(N(c4ccccc4C)c4cc(-c5ccc(C#N)cc5)ccc4C)c4ccc5cc(C(C)(C)C)cc6ccc3c4c56)c2)cc1. The lowest BCUT2D eigenvalue weighted by Crippen LogP contribution is -2.17. The van der Waals surface area contributed by atoms with E-state index in [0.717, 1.165) is 89.4 Å². The zero-order valence-electron chi connectivity index (χ0n) is 38.5. The van der Waals surface area contributed by atoms with Crippen LogP contribution < -0.4 is 9.80 Å². The molecule has 0 atom stereocenters. The summed E-state index contributed by atoms with van der Waals surface area (Å²) in [5.74, 6) is 0. The van der Waals surface area contributed by atoms with Gasteiger partial charge in [0.15, 0.2) is 5.69 Å². The molecule has 0 aliphatic heterocycles. The maximum absolute atomic E-state index is 9.62. The van der Waals surface area contributed by atoms with Gasteiger partial charge >= 0.3 is 0 Å². The highest BCUT2D eigenvalue weighted by Gasteiger charge is 2.28. The molecular formula is C62H50N4. The quantitative estimate of drug-likeness (QED) is 0.113. The van der Waals surface area contributed by atoms with Crippen LogP contribution in [0.15, 0.2) is 176 Å². The maximum Gasteiger partial charge on any atom is 0.187 e. The smallest absolute Gasteiger partial charge is 0.187 e. The molecule has 4 nitrogen and oxygen atoms in total. The van der Waals surface area contributed by atoms with Gasteiger partial charge < -0.3 is 9.80 Å². The Hall–Kier alpha value is -8.18. The van der Waals surface area contributed by atoms with Crippen LogP contribution in [-0.2, 0) is 5.41 Å². The molecule has 0 bridgehead atoms. The maximum atomic E-state index is 9.62. The second-order valence-corrected chi connectivity index (χ2v) is 18.7. The Kier molecular flexibility index (Phi) is 10.4. The van der Waals surface area contributed by atoms with Crippen molar-refractivity contribution in [2.45, 2.75) is 53.9 Å². The highest BCUT2D eigenvalue weighted by Crippen LogP contribution is 2.52. The van der Waals surface area contributed by atoms with E-state index in [4.69, 9.17) is 6.57 Å². The standard InChI is InChI=1S/C62H50N4/c1-39-13-9-11-15-54(39)65(56-35-46(21-17-41(56)3)44-23-19-43(38-63)20-24-44)58-37-59(53-32-28-49-34-50(62(5,6)7)33-48-27-31-52(58)61(53)60(48)49)66(55-16-12-10-14-40(55)2)57-36-47(22-18-42(57)4)45-25-29-51(64-8)30-26-45/h9-37H,1-7H3. The van der Waals surface area contributed by atoms with Gasteiger partial charge in [0.1, 0.15) is 0 Å². The zero-order valence-corrected chi connectivity index (χ0v) is 38.5. The number of para-hydroxylation sites is 2. The average molecular weight is 851 g/mol. The second-order valence-electron chi connectivity index (χ2n) is 18.7. The van der Waals surface area contributed by atoms with E-state index in [1.165, 1.54) is 27.1 Å². The molecule has 0 spiro atoms. The third-order valence-corrected chi connectivity index (χ3v) is 13.3. The summed E-state index contributed by atoms with van der Waals surface area (Å²) >= 11 is 0. The van der Waals surface area contributed by atoms with E-state index in [9.17, 15) is 5.26 Å². The Morgan fingerprint density at radius 3 is 1.32 bits per heavy atom. The van der Waals surface area contributed by atoms with Crippen LogP contribution in [0.5, 0.6) is 0 Å². The summed E-state index contributed by atoms with van der Waals surface area (Å²) in [5, 5.41) is 16.9. The molecule has 318 valence electrons. The zero-order chi connectivity index (χ0) is 45.9. The molecule has 0 aliphatic rings. The third kappa shape index (κ3) is 7.28. The van der Waals surface area contributed by atoms with Gasteiger partial charge in [-0.1, -0.05) is 154 Å². The van der Waals surface area contributed by atoms with Crippen molar-refractivity contribution in [1.82, 2.24) is 0 Å². The minimum Gasteiger partial charge on any atom is -0.309 e. The number of aryl methyl sites for hydroxylation is 4. The molecule has 0 fully saturated rings. The molecule has 10 rings (SSSR count). The van der Waals surface area contributed by atoms with Crippen LogP contribution in [0.25, 0.3) is 59.4 Å². The molecule has 0 unspecified atom stereocenters. The van der Waals surface area contributed by atoms with E-state index in [1.807, 2.05) is 36.4 Å². The Labute approximate surface area is 388 Å². The number of benzene rings is 10. The van der Waals surface area contributed by atoms with Crippen molar-refractivity contribution in [2.75, 3.05) is 9.80 Å². The third-order valence-electron chi connectivity index (χ3n) is 13.3. The van der Waals surface area contributed by atoms with E-state index in [2.05, 4.69) is 209 Å². The molecule has 4 heteroatoms. The fourth-order valence-corrected chi connectivity index (χ4v) is 9.61. The number of rotatable bonds is 8. The van der Waals surface area contributed by atoms with E-state index in [-0.39, 0.29) is 5.41 Å². The van der Waals surface area contributed by atoms with Gasteiger partial charge in [0.25, 0.3) is 0 Å². The van der Waals surface area contributed by atoms with Crippen molar-refractivity contribution >= 4 is 72.1 Å². The molecule has 0 aromatic heterocycles. The van der Waals surface area contributed by atoms with Crippen molar-refractivity contribution < 1.29 is 0 Å². The van der Waals surface area contributed by atoms with E-state index in [0.29, 0.717) is 11.3 Å². The molecule has 0 saturated heterocycles. The van der Waals surface area contributed by atoms with Crippen molar-refractivity contribution in [1.29, 1.82) is 5.26 Å². The fourth-order valence-electron chi connectivity index (χ4n) is 9.61. The van der Waals surface area contributed by atoms with Gasteiger partial charge in [-0.15, -0.1) is 0 Å². The van der Waals surface area contributed by atoms with Crippen LogP contribution in [0.1, 0.15) is 54.2 Å². The fraction of sp³-hybridized carbons (Fsp3) is 0.129. The summed E-state index contributed by atoms with van der Waals surface area (Å²) in [6.45, 7) is 23.3. The summed E-state index contributed by atoms with van der Waals surface area (Å²) in [6, 6.07) is 65.4. The summed E-state index contributed by atoms with van der Waals surface area (Å²) in [7, 11) is 0. The Morgan fingerprint density at radius 2 is 0.879 bits per heavy atom. The highest BCUT2D eigenvalue weighted by atomic mass is 15.2. The highest BCUT2D eigenvalue weighted by molar-refractivity contribution is 6.29. The van der Waals surface area contributed by atoms with Crippen LogP contribution in [0.4, 0.5) is 39.8 Å². The number of hydrogen-bond acceptors (Lipinski definition) is 3. The van der Waals surface area contributed by atoms with Gasteiger partial charge in [-0.05, 0) is 142 Å².